The average Bonchev–Trinajstić information content (AvgIpc) is 2.48. The topological polar surface area (TPSA) is 83.5 Å². The monoisotopic (exact) mass is 373 g/mol. The first kappa shape index (κ1) is 17.6. The highest BCUT2D eigenvalue weighted by Gasteiger charge is 2.18. The summed E-state index contributed by atoms with van der Waals surface area (Å²) >= 11 is 11.8. The van der Waals surface area contributed by atoms with Crippen molar-refractivity contribution >= 4 is 44.7 Å². The van der Waals surface area contributed by atoms with Crippen LogP contribution in [0.4, 0.5) is 5.69 Å². The number of rotatable bonds is 5. The quantitative estimate of drug-likeness (QED) is 0.831. The van der Waals surface area contributed by atoms with E-state index in [0.29, 0.717) is 0 Å². The Morgan fingerprint density at radius 2 is 1.78 bits per heavy atom. The molecule has 0 unspecified atom stereocenters. The van der Waals surface area contributed by atoms with Crippen LogP contribution in [-0.4, -0.2) is 25.4 Å². The van der Waals surface area contributed by atoms with Gasteiger partial charge in [-0.2, -0.15) is 0 Å². The maximum atomic E-state index is 12.3. The van der Waals surface area contributed by atoms with Gasteiger partial charge in [0.1, 0.15) is 5.88 Å². The van der Waals surface area contributed by atoms with Crippen LogP contribution in [0.25, 0.3) is 0 Å². The van der Waals surface area contributed by atoms with Crippen molar-refractivity contribution in [3.8, 4) is 0 Å². The second-order valence-electron chi connectivity index (χ2n) is 4.87. The van der Waals surface area contributed by atoms with Crippen molar-refractivity contribution in [2.75, 3.05) is 11.2 Å². The standard InChI is InChI=1S/C15H13Cl2NO4S/c1-9-2-4-11(5-3-9)23(21,22)8-18-13-7-10(16)6-12(14(13)17)15(19)20/h2-7,18H,8H2,1H3,(H,19,20). The van der Waals surface area contributed by atoms with E-state index < -0.39 is 21.7 Å². The van der Waals surface area contributed by atoms with Gasteiger partial charge in [0.2, 0.25) is 0 Å². The number of aryl methyl sites for hydroxylation is 1. The second kappa shape index (κ2) is 6.78. The third-order valence-electron chi connectivity index (χ3n) is 3.10. The average molecular weight is 374 g/mol. The third-order valence-corrected chi connectivity index (χ3v) is 5.24. The number of halogens is 2. The van der Waals surface area contributed by atoms with Crippen LogP contribution < -0.4 is 5.32 Å². The Bertz CT molecular complexity index is 849. The smallest absolute Gasteiger partial charge is 0.337 e. The van der Waals surface area contributed by atoms with Crippen molar-refractivity contribution in [1.82, 2.24) is 0 Å². The number of nitrogens with one attached hydrogen (secondary N) is 1. The zero-order chi connectivity index (χ0) is 17.2. The van der Waals surface area contributed by atoms with Crippen molar-refractivity contribution in [3.63, 3.8) is 0 Å². The summed E-state index contributed by atoms with van der Waals surface area (Å²) in [6.45, 7) is 1.85. The minimum Gasteiger partial charge on any atom is -0.478 e. The van der Waals surface area contributed by atoms with Gasteiger partial charge in [-0.3, -0.25) is 0 Å². The molecule has 2 aromatic carbocycles. The third kappa shape index (κ3) is 4.16. The highest BCUT2D eigenvalue weighted by atomic mass is 35.5. The van der Waals surface area contributed by atoms with Gasteiger partial charge in [0.15, 0.2) is 9.84 Å². The van der Waals surface area contributed by atoms with E-state index >= 15 is 0 Å². The number of sulfone groups is 1. The lowest BCUT2D eigenvalue weighted by atomic mass is 10.2. The Labute approximate surface area is 143 Å². The van der Waals surface area contributed by atoms with Gasteiger partial charge in [-0.05, 0) is 31.2 Å². The first-order chi connectivity index (χ1) is 10.7. The van der Waals surface area contributed by atoms with E-state index in [2.05, 4.69) is 5.32 Å². The minimum absolute atomic E-state index is 0.0963. The summed E-state index contributed by atoms with van der Waals surface area (Å²) in [5.74, 6) is -1.68. The molecule has 0 fully saturated rings. The molecule has 0 saturated carbocycles. The number of hydrogen-bond acceptors (Lipinski definition) is 4. The number of aromatic carboxylic acids is 1. The highest BCUT2D eigenvalue weighted by molar-refractivity contribution is 7.91. The summed E-state index contributed by atoms with van der Waals surface area (Å²) in [5.41, 5.74) is 0.891. The van der Waals surface area contributed by atoms with Gasteiger partial charge >= 0.3 is 5.97 Å². The van der Waals surface area contributed by atoms with Crippen LogP contribution in [0.2, 0.25) is 10.0 Å². The first-order valence-electron chi connectivity index (χ1n) is 6.46. The minimum atomic E-state index is -3.60. The van der Waals surface area contributed by atoms with Gasteiger partial charge in [-0.15, -0.1) is 0 Å². The number of hydrogen-bond donors (Lipinski definition) is 2. The fraction of sp³-hybridized carbons (Fsp3) is 0.133. The molecular formula is C15H13Cl2NO4S. The molecule has 0 amide bonds. The summed E-state index contributed by atoms with van der Waals surface area (Å²) in [5, 5.41) is 11.7. The molecule has 2 aromatic rings. The molecule has 0 radical (unpaired) electrons. The van der Waals surface area contributed by atoms with E-state index in [-0.39, 0.29) is 26.2 Å². The SMILES string of the molecule is Cc1ccc(S(=O)(=O)CNc2cc(Cl)cc(C(=O)O)c2Cl)cc1. The van der Waals surface area contributed by atoms with Crippen molar-refractivity contribution < 1.29 is 18.3 Å². The molecule has 8 heteroatoms. The molecule has 122 valence electrons. The number of carbonyl (C=O) groups is 1. The maximum Gasteiger partial charge on any atom is 0.337 e. The van der Waals surface area contributed by atoms with Crippen LogP contribution in [0.3, 0.4) is 0 Å². The van der Waals surface area contributed by atoms with E-state index in [9.17, 15) is 13.2 Å². The summed E-state index contributed by atoms with van der Waals surface area (Å²) in [7, 11) is -3.60. The lowest BCUT2D eigenvalue weighted by Crippen LogP contribution is -2.15. The molecule has 0 bridgehead atoms. The van der Waals surface area contributed by atoms with Crippen LogP contribution >= 0.6 is 23.2 Å². The zero-order valence-electron chi connectivity index (χ0n) is 12.0. The maximum absolute atomic E-state index is 12.3. The summed E-state index contributed by atoms with van der Waals surface area (Å²) < 4.78 is 24.6. The molecule has 0 aliphatic carbocycles. The molecular weight excluding hydrogens is 361 g/mol. The fourth-order valence-corrected chi connectivity index (χ4v) is 3.41. The molecule has 23 heavy (non-hydrogen) atoms. The predicted octanol–water partition coefficient (Wildman–Crippen LogP) is 3.84. The lowest BCUT2D eigenvalue weighted by molar-refractivity contribution is 0.0697. The van der Waals surface area contributed by atoms with Gasteiger partial charge in [0, 0.05) is 5.02 Å². The molecule has 0 aliphatic heterocycles. The Balaban J connectivity index is 2.27. The Morgan fingerprint density at radius 1 is 1.17 bits per heavy atom. The Morgan fingerprint density at radius 3 is 2.35 bits per heavy atom. The van der Waals surface area contributed by atoms with Crippen molar-refractivity contribution in [2.45, 2.75) is 11.8 Å². The molecule has 2 rings (SSSR count). The normalized spacial score (nSPS) is 11.3. The van der Waals surface area contributed by atoms with Crippen LogP contribution in [0.1, 0.15) is 15.9 Å². The number of carboxylic acid groups (broad SMARTS) is 1. The zero-order valence-corrected chi connectivity index (χ0v) is 14.3. The largest absolute Gasteiger partial charge is 0.478 e. The molecule has 0 aliphatic rings. The molecule has 0 saturated heterocycles. The summed E-state index contributed by atoms with van der Waals surface area (Å²) in [4.78, 5) is 11.3. The van der Waals surface area contributed by atoms with Crippen LogP contribution in [0.15, 0.2) is 41.3 Å². The first-order valence-corrected chi connectivity index (χ1v) is 8.87. The van der Waals surface area contributed by atoms with E-state index in [4.69, 9.17) is 28.3 Å². The van der Waals surface area contributed by atoms with E-state index in [0.717, 1.165) is 5.56 Å². The van der Waals surface area contributed by atoms with Crippen LogP contribution in [-0.2, 0) is 9.84 Å². The van der Waals surface area contributed by atoms with Crippen LogP contribution in [0, 0.1) is 6.92 Å². The van der Waals surface area contributed by atoms with Crippen molar-refractivity contribution in [2.24, 2.45) is 0 Å². The summed E-state index contributed by atoms with van der Waals surface area (Å²) in [6.07, 6.45) is 0. The van der Waals surface area contributed by atoms with Gasteiger partial charge in [-0.1, -0.05) is 40.9 Å². The van der Waals surface area contributed by atoms with Gasteiger partial charge < -0.3 is 10.4 Å². The number of anilines is 1. The van der Waals surface area contributed by atoms with E-state index in [1.165, 1.54) is 24.3 Å². The molecule has 2 N–H and O–H groups in total. The lowest BCUT2D eigenvalue weighted by Gasteiger charge is -2.12. The van der Waals surface area contributed by atoms with Crippen molar-refractivity contribution in [3.05, 3.63) is 57.6 Å². The van der Waals surface area contributed by atoms with Gasteiger partial charge in [-0.25, -0.2) is 13.2 Å². The van der Waals surface area contributed by atoms with Crippen LogP contribution in [0.5, 0.6) is 0 Å². The predicted molar refractivity (Wildman–Crippen MR) is 90.3 cm³/mol. The van der Waals surface area contributed by atoms with Crippen molar-refractivity contribution in [1.29, 1.82) is 0 Å². The summed E-state index contributed by atoms with van der Waals surface area (Å²) in [6, 6.07) is 8.99. The van der Waals surface area contributed by atoms with E-state index in [1.54, 1.807) is 12.1 Å². The fourth-order valence-electron chi connectivity index (χ4n) is 1.88. The molecule has 0 heterocycles. The molecule has 5 nitrogen and oxygen atoms in total. The molecule has 0 spiro atoms. The Hall–Kier alpha value is -1.76. The van der Waals surface area contributed by atoms with Gasteiger partial charge in [0.25, 0.3) is 0 Å². The number of benzene rings is 2. The highest BCUT2D eigenvalue weighted by Crippen LogP contribution is 2.30. The van der Waals surface area contributed by atoms with E-state index in [1.807, 2.05) is 6.92 Å². The Kier molecular flexibility index (Phi) is 5.19. The molecule has 0 atom stereocenters. The number of carboxylic acids is 1. The molecule has 0 aromatic heterocycles. The van der Waals surface area contributed by atoms with Gasteiger partial charge in [0.05, 0.1) is 21.2 Å². The second-order valence-corrected chi connectivity index (χ2v) is 7.67.